The van der Waals surface area contributed by atoms with Crippen molar-refractivity contribution in [1.29, 1.82) is 0 Å². The van der Waals surface area contributed by atoms with Crippen LogP contribution in [0.5, 0.6) is 5.75 Å². The van der Waals surface area contributed by atoms with Crippen molar-refractivity contribution in [2.24, 2.45) is 0 Å². The van der Waals surface area contributed by atoms with E-state index in [1.54, 1.807) is 19.7 Å². The lowest BCUT2D eigenvalue weighted by molar-refractivity contribution is 0.417. The Bertz CT molecular complexity index is 1050. The van der Waals surface area contributed by atoms with E-state index in [1.165, 1.54) is 0 Å². The predicted octanol–water partition coefficient (Wildman–Crippen LogP) is 4.44. The number of hydrogen-bond acceptors (Lipinski definition) is 5. The van der Waals surface area contributed by atoms with Gasteiger partial charge in [-0.1, -0.05) is 12.1 Å². The molecule has 0 spiro atoms. The zero-order valence-corrected chi connectivity index (χ0v) is 15.0. The maximum absolute atomic E-state index is 5.51. The molecule has 0 aliphatic carbocycles. The number of anilines is 2. The smallest absolute Gasteiger partial charge is 0.146 e. The molecular formula is C20H20N4O2. The van der Waals surface area contributed by atoms with Crippen molar-refractivity contribution in [3.63, 3.8) is 0 Å². The van der Waals surface area contributed by atoms with E-state index < -0.39 is 0 Å². The van der Waals surface area contributed by atoms with E-state index in [2.05, 4.69) is 33.7 Å². The fraction of sp³-hybridized carbons (Fsp3) is 0.200. The molecule has 0 radical (unpaired) electrons. The largest absolute Gasteiger partial charge is 0.495 e. The molecule has 0 aliphatic rings. The number of rotatable bonds is 5. The maximum atomic E-state index is 5.51. The van der Waals surface area contributed by atoms with Gasteiger partial charge in [0.15, 0.2) is 0 Å². The molecule has 26 heavy (non-hydrogen) atoms. The average Bonchev–Trinajstić information content (AvgIpc) is 3.26. The van der Waals surface area contributed by atoms with E-state index in [9.17, 15) is 0 Å². The SMILES string of the molecule is COc1ccccc1Nc1ncnc2c1c(C)c(C)n2Cc1ccco1. The number of nitrogens with one attached hydrogen (secondary N) is 1. The molecule has 0 saturated carbocycles. The van der Waals surface area contributed by atoms with E-state index in [-0.39, 0.29) is 0 Å². The number of aryl methyl sites for hydroxylation is 1. The summed E-state index contributed by atoms with van der Waals surface area (Å²) in [6.45, 7) is 4.81. The Labute approximate surface area is 151 Å². The lowest BCUT2D eigenvalue weighted by Crippen LogP contribution is -2.03. The zero-order valence-electron chi connectivity index (χ0n) is 15.0. The van der Waals surface area contributed by atoms with Crippen molar-refractivity contribution in [2.45, 2.75) is 20.4 Å². The third kappa shape index (κ3) is 2.69. The van der Waals surface area contributed by atoms with Gasteiger partial charge in [0.05, 0.1) is 31.0 Å². The molecule has 3 heterocycles. The minimum Gasteiger partial charge on any atom is -0.495 e. The van der Waals surface area contributed by atoms with E-state index >= 15 is 0 Å². The van der Waals surface area contributed by atoms with Gasteiger partial charge < -0.3 is 19.0 Å². The van der Waals surface area contributed by atoms with Gasteiger partial charge in [-0.15, -0.1) is 0 Å². The lowest BCUT2D eigenvalue weighted by atomic mass is 10.2. The van der Waals surface area contributed by atoms with Gasteiger partial charge in [-0.2, -0.15) is 0 Å². The van der Waals surface area contributed by atoms with E-state index in [4.69, 9.17) is 9.15 Å². The van der Waals surface area contributed by atoms with Crippen LogP contribution in [0.4, 0.5) is 11.5 Å². The summed E-state index contributed by atoms with van der Waals surface area (Å²) in [6.07, 6.45) is 3.27. The van der Waals surface area contributed by atoms with Crippen LogP contribution in [-0.2, 0) is 6.54 Å². The molecule has 0 saturated heterocycles. The highest BCUT2D eigenvalue weighted by atomic mass is 16.5. The first kappa shape index (κ1) is 16.2. The van der Waals surface area contributed by atoms with Crippen molar-refractivity contribution in [3.05, 3.63) is 66.0 Å². The molecule has 132 valence electrons. The topological polar surface area (TPSA) is 65.1 Å². The average molecular weight is 348 g/mol. The molecule has 0 amide bonds. The molecule has 6 nitrogen and oxygen atoms in total. The molecule has 3 aromatic heterocycles. The highest BCUT2D eigenvalue weighted by Gasteiger charge is 2.18. The zero-order chi connectivity index (χ0) is 18.1. The molecule has 4 aromatic rings. The molecule has 6 heteroatoms. The minimum atomic E-state index is 0.633. The molecule has 0 atom stereocenters. The first-order chi connectivity index (χ1) is 12.7. The fourth-order valence-electron chi connectivity index (χ4n) is 3.19. The summed E-state index contributed by atoms with van der Waals surface area (Å²) in [5, 5.41) is 4.40. The van der Waals surface area contributed by atoms with Crippen LogP contribution in [0.25, 0.3) is 11.0 Å². The first-order valence-corrected chi connectivity index (χ1v) is 8.42. The van der Waals surface area contributed by atoms with E-state index in [0.717, 1.165) is 45.3 Å². The third-order valence-electron chi connectivity index (χ3n) is 4.66. The summed E-state index contributed by atoms with van der Waals surface area (Å²) in [4.78, 5) is 9.00. The van der Waals surface area contributed by atoms with Crippen LogP contribution in [0, 0.1) is 13.8 Å². The lowest BCUT2D eigenvalue weighted by Gasteiger charge is -2.11. The number of benzene rings is 1. The van der Waals surface area contributed by atoms with E-state index in [0.29, 0.717) is 6.54 Å². The second kappa shape index (κ2) is 6.55. The normalized spacial score (nSPS) is 11.0. The summed E-state index contributed by atoms with van der Waals surface area (Å²) in [5.74, 6) is 2.42. The number of ether oxygens (including phenoxy) is 1. The molecule has 0 bridgehead atoms. The van der Waals surface area contributed by atoms with Gasteiger partial charge in [-0.3, -0.25) is 0 Å². The van der Waals surface area contributed by atoms with Crippen molar-refractivity contribution < 1.29 is 9.15 Å². The quantitative estimate of drug-likeness (QED) is 0.577. The number of hydrogen-bond donors (Lipinski definition) is 1. The number of para-hydroxylation sites is 2. The Morgan fingerprint density at radius 2 is 1.96 bits per heavy atom. The van der Waals surface area contributed by atoms with Crippen LogP contribution >= 0.6 is 0 Å². The molecule has 0 aliphatic heterocycles. The number of nitrogens with zero attached hydrogens (tertiary/aromatic N) is 3. The van der Waals surface area contributed by atoms with Crippen LogP contribution < -0.4 is 10.1 Å². The Morgan fingerprint density at radius 3 is 2.73 bits per heavy atom. The molecule has 1 N–H and O–H groups in total. The molecule has 0 fully saturated rings. The summed E-state index contributed by atoms with van der Waals surface area (Å²) in [7, 11) is 1.66. The van der Waals surface area contributed by atoms with Gasteiger partial charge in [0, 0.05) is 5.69 Å². The fourth-order valence-corrected chi connectivity index (χ4v) is 3.19. The van der Waals surface area contributed by atoms with Crippen molar-refractivity contribution >= 4 is 22.5 Å². The number of fused-ring (bicyclic) bond motifs is 1. The number of aromatic nitrogens is 3. The Kier molecular flexibility index (Phi) is 4.08. The van der Waals surface area contributed by atoms with Gasteiger partial charge in [-0.05, 0) is 43.7 Å². The predicted molar refractivity (Wildman–Crippen MR) is 101 cm³/mol. The Hall–Kier alpha value is -3.28. The summed E-state index contributed by atoms with van der Waals surface area (Å²) >= 11 is 0. The van der Waals surface area contributed by atoms with Gasteiger partial charge in [0.1, 0.15) is 29.3 Å². The standard InChI is InChI=1S/C20H20N4O2/c1-13-14(2)24(11-15-7-6-10-26-15)20-18(13)19(21-12-22-20)23-16-8-4-5-9-17(16)25-3/h4-10,12H,11H2,1-3H3,(H,21,22,23). The molecular weight excluding hydrogens is 328 g/mol. The molecule has 4 rings (SSSR count). The van der Waals surface area contributed by atoms with E-state index in [1.807, 2.05) is 36.4 Å². The summed E-state index contributed by atoms with van der Waals surface area (Å²) < 4.78 is 13.1. The summed E-state index contributed by atoms with van der Waals surface area (Å²) in [5.41, 5.74) is 4.03. The molecule has 1 aromatic carbocycles. The first-order valence-electron chi connectivity index (χ1n) is 8.42. The van der Waals surface area contributed by atoms with Crippen LogP contribution in [0.3, 0.4) is 0 Å². The number of methoxy groups -OCH3 is 1. The maximum Gasteiger partial charge on any atom is 0.146 e. The van der Waals surface area contributed by atoms with Crippen LogP contribution in [0.1, 0.15) is 17.0 Å². The Balaban J connectivity index is 1.82. The molecule has 0 unspecified atom stereocenters. The minimum absolute atomic E-state index is 0.633. The van der Waals surface area contributed by atoms with Crippen LogP contribution in [0.2, 0.25) is 0 Å². The van der Waals surface area contributed by atoms with Gasteiger partial charge >= 0.3 is 0 Å². The number of furan rings is 1. The van der Waals surface area contributed by atoms with Crippen LogP contribution in [0.15, 0.2) is 53.4 Å². The second-order valence-electron chi connectivity index (χ2n) is 6.12. The van der Waals surface area contributed by atoms with Crippen molar-refractivity contribution in [2.75, 3.05) is 12.4 Å². The van der Waals surface area contributed by atoms with Gasteiger partial charge in [0.25, 0.3) is 0 Å². The van der Waals surface area contributed by atoms with Crippen molar-refractivity contribution in [1.82, 2.24) is 14.5 Å². The Morgan fingerprint density at radius 1 is 1.12 bits per heavy atom. The highest BCUT2D eigenvalue weighted by molar-refractivity contribution is 5.93. The van der Waals surface area contributed by atoms with Gasteiger partial charge in [-0.25, -0.2) is 9.97 Å². The van der Waals surface area contributed by atoms with Gasteiger partial charge in [0.2, 0.25) is 0 Å². The van der Waals surface area contributed by atoms with Crippen molar-refractivity contribution in [3.8, 4) is 5.75 Å². The monoisotopic (exact) mass is 348 g/mol. The third-order valence-corrected chi connectivity index (χ3v) is 4.66. The summed E-state index contributed by atoms with van der Waals surface area (Å²) in [6, 6.07) is 11.6. The van der Waals surface area contributed by atoms with Crippen LogP contribution in [-0.4, -0.2) is 21.6 Å². The highest BCUT2D eigenvalue weighted by Crippen LogP contribution is 2.33. The second-order valence-corrected chi connectivity index (χ2v) is 6.12.